The van der Waals surface area contributed by atoms with E-state index in [4.69, 9.17) is 5.26 Å². The van der Waals surface area contributed by atoms with Crippen molar-refractivity contribution in [3.63, 3.8) is 0 Å². The number of hydrogen-bond donors (Lipinski definition) is 1. The summed E-state index contributed by atoms with van der Waals surface area (Å²) in [7, 11) is 0. The Kier molecular flexibility index (Phi) is 1.82. The zero-order chi connectivity index (χ0) is 9.31. The quantitative estimate of drug-likeness (QED) is 0.743. The predicted octanol–water partition coefficient (Wildman–Crippen LogP) is 2.02. The molecule has 0 bridgehead atoms. The van der Waals surface area contributed by atoms with Crippen LogP contribution in [-0.4, -0.2) is 5.11 Å². The zero-order valence-corrected chi connectivity index (χ0v) is 7.27. The second-order valence-electron chi connectivity index (χ2n) is 3.58. The van der Waals surface area contributed by atoms with Crippen LogP contribution in [0.15, 0.2) is 30.3 Å². The Labute approximate surface area is 77.4 Å². The Hall–Kier alpha value is -1.33. The van der Waals surface area contributed by atoms with Crippen LogP contribution in [-0.2, 0) is 0 Å². The van der Waals surface area contributed by atoms with Gasteiger partial charge in [0.25, 0.3) is 0 Å². The topological polar surface area (TPSA) is 44.0 Å². The molecule has 2 nitrogen and oxygen atoms in total. The van der Waals surface area contributed by atoms with Crippen molar-refractivity contribution in [2.75, 3.05) is 0 Å². The van der Waals surface area contributed by atoms with E-state index in [2.05, 4.69) is 6.07 Å². The molecule has 0 radical (unpaired) electrons. The fourth-order valence-electron chi connectivity index (χ4n) is 1.54. The minimum atomic E-state index is -0.612. The molecule has 1 saturated carbocycles. The van der Waals surface area contributed by atoms with Crippen molar-refractivity contribution in [3.05, 3.63) is 35.9 Å². The standard InChI is InChI=1S/C11H11NO/c12-8-11(6-7-11)10(13)9-4-2-1-3-5-9/h1-5,10,13H,6-7H2. The van der Waals surface area contributed by atoms with Gasteiger partial charge in [-0.15, -0.1) is 0 Å². The lowest BCUT2D eigenvalue weighted by Gasteiger charge is -2.14. The van der Waals surface area contributed by atoms with Crippen LogP contribution in [0.4, 0.5) is 0 Å². The van der Waals surface area contributed by atoms with Crippen LogP contribution >= 0.6 is 0 Å². The molecule has 0 heterocycles. The molecule has 1 fully saturated rings. The molecule has 0 aliphatic heterocycles. The first-order valence-electron chi connectivity index (χ1n) is 4.43. The third-order valence-corrected chi connectivity index (χ3v) is 2.65. The smallest absolute Gasteiger partial charge is 0.0976 e. The van der Waals surface area contributed by atoms with Crippen molar-refractivity contribution < 1.29 is 5.11 Å². The van der Waals surface area contributed by atoms with Crippen molar-refractivity contribution >= 4 is 0 Å². The first-order valence-corrected chi connectivity index (χ1v) is 4.43. The fraction of sp³-hybridized carbons (Fsp3) is 0.364. The molecule has 1 aliphatic rings. The summed E-state index contributed by atoms with van der Waals surface area (Å²) in [5.74, 6) is 0. The Balaban J connectivity index is 2.24. The van der Waals surface area contributed by atoms with Crippen LogP contribution in [0.1, 0.15) is 24.5 Å². The molecular weight excluding hydrogens is 162 g/mol. The van der Waals surface area contributed by atoms with Crippen LogP contribution in [0.3, 0.4) is 0 Å². The molecule has 0 spiro atoms. The lowest BCUT2D eigenvalue weighted by Crippen LogP contribution is -2.11. The van der Waals surface area contributed by atoms with Crippen molar-refractivity contribution in [2.24, 2.45) is 5.41 Å². The Morgan fingerprint density at radius 1 is 1.31 bits per heavy atom. The van der Waals surface area contributed by atoms with Gasteiger partial charge in [0.05, 0.1) is 17.6 Å². The van der Waals surface area contributed by atoms with E-state index in [1.807, 2.05) is 30.3 Å². The highest BCUT2D eigenvalue weighted by Crippen LogP contribution is 2.54. The average molecular weight is 173 g/mol. The molecule has 0 saturated heterocycles. The third kappa shape index (κ3) is 1.32. The van der Waals surface area contributed by atoms with Gasteiger partial charge in [-0.1, -0.05) is 30.3 Å². The lowest BCUT2D eigenvalue weighted by atomic mass is 9.94. The summed E-state index contributed by atoms with van der Waals surface area (Å²) in [6.45, 7) is 0. The van der Waals surface area contributed by atoms with Gasteiger partial charge in [0, 0.05) is 0 Å². The first-order chi connectivity index (χ1) is 6.28. The second kappa shape index (κ2) is 2.86. The molecule has 1 aromatic rings. The van der Waals surface area contributed by atoms with E-state index in [0.29, 0.717) is 0 Å². The number of rotatable bonds is 2. The molecule has 0 amide bonds. The molecule has 2 rings (SSSR count). The summed E-state index contributed by atoms with van der Waals surface area (Å²) in [6.07, 6.45) is 1.03. The van der Waals surface area contributed by atoms with Crippen molar-refractivity contribution in [1.29, 1.82) is 5.26 Å². The minimum Gasteiger partial charge on any atom is -0.387 e. The fourth-order valence-corrected chi connectivity index (χ4v) is 1.54. The van der Waals surface area contributed by atoms with Crippen LogP contribution < -0.4 is 0 Å². The molecule has 1 aromatic carbocycles. The summed E-state index contributed by atoms with van der Waals surface area (Å²) >= 11 is 0. The zero-order valence-electron chi connectivity index (χ0n) is 7.27. The van der Waals surface area contributed by atoms with Crippen molar-refractivity contribution in [1.82, 2.24) is 0 Å². The van der Waals surface area contributed by atoms with Gasteiger partial charge >= 0.3 is 0 Å². The number of hydrogen-bond acceptors (Lipinski definition) is 2. The number of benzene rings is 1. The molecule has 1 N–H and O–H groups in total. The monoisotopic (exact) mass is 173 g/mol. The number of nitriles is 1. The van der Waals surface area contributed by atoms with Gasteiger partial charge in [-0.05, 0) is 18.4 Å². The van der Waals surface area contributed by atoms with Crippen molar-refractivity contribution in [3.8, 4) is 6.07 Å². The van der Waals surface area contributed by atoms with Crippen molar-refractivity contribution in [2.45, 2.75) is 18.9 Å². The SMILES string of the molecule is N#CC1(C(O)c2ccccc2)CC1. The van der Waals surface area contributed by atoms with Gasteiger partial charge in [-0.25, -0.2) is 0 Å². The van der Waals surface area contributed by atoms with Gasteiger partial charge < -0.3 is 5.11 Å². The van der Waals surface area contributed by atoms with Crippen LogP contribution in [0.5, 0.6) is 0 Å². The van der Waals surface area contributed by atoms with Gasteiger partial charge in [0.2, 0.25) is 0 Å². The van der Waals surface area contributed by atoms with E-state index in [-0.39, 0.29) is 0 Å². The van der Waals surface area contributed by atoms with E-state index in [0.717, 1.165) is 18.4 Å². The Bertz CT molecular complexity index is 335. The maximum atomic E-state index is 9.89. The lowest BCUT2D eigenvalue weighted by molar-refractivity contribution is 0.123. The molecule has 0 aromatic heterocycles. The van der Waals surface area contributed by atoms with E-state index in [1.165, 1.54) is 0 Å². The number of aliphatic hydroxyl groups is 1. The van der Waals surface area contributed by atoms with E-state index >= 15 is 0 Å². The highest BCUT2D eigenvalue weighted by Gasteiger charge is 2.50. The maximum absolute atomic E-state index is 9.89. The summed E-state index contributed by atoms with van der Waals surface area (Å²) < 4.78 is 0. The highest BCUT2D eigenvalue weighted by molar-refractivity contribution is 5.26. The number of aliphatic hydroxyl groups excluding tert-OH is 1. The third-order valence-electron chi connectivity index (χ3n) is 2.65. The van der Waals surface area contributed by atoms with Crippen LogP contribution in [0, 0.1) is 16.7 Å². The average Bonchev–Trinajstić information content (AvgIpc) is 2.99. The summed E-state index contributed by atoms with van der Waals surface area (Å²) in [4.78, 5) is 0. The van der Waals surface area contributed by atoms with E-state index in [1.54, 1.807) is 0 Å². The molecular formula is C11H11NO. The van der Waals surface area contributed by atoms with Crippen LogP contribution in [0.2, 0.25) is 0 Å². The predicted molar refractivity (Wildman–Crippen MR) is 48.7 cm³/mol. The highest BCUT2D eigenvalue weighted by atomic mass is 16.3. The van der Waals surface area contributed by atoms with E-state index in [9.17, 15) is 5.11 Å². The van der Waals surface area contributed by atoms with Crippen LogP contribution in [0.25, 0.3) is 0 Å². The molecule has 1 unspecified atom stereocenters. The molecule has 66 valence electrons. The van der Waals surface area contributed by atoms with Gasteiger partial charge in [0.15, 0.2) is 0 Å². The largest absolute Gasteiger partial charge is 0.387 e. The first kappa shape index (κ1) is 8.28. The maximum Gasteiger partial charge on any atom is 0.0976 e. The minimum absolute atomic E-state index is 0.485. The molecule has 1 atom stereocenters. The summed E-state index contributed by atoms with van der Waals surface area (Å²) in [5, 5.41) is 18.8. The summed E-state index contributed by atoms with van der Waals surface area (Å²) in [5.41, 5.74) is 0.364. The van der Waals surface area contributed by atoms with E-state index < -0.39 is 11.5 Å². The Morgan fingerprint density at radius 2 is 1.92 bits per heavy atom. The normalized spacial score (nSPS) is 20.3. The molecule has 2 heteroatoms. The van der Waals surface area contributed by atoms with Gasteiger partial charge in [0.1, 0.15) is 0 Å². The second-order valence-corrected chi connectivity index (χ2v) is 3.58. The molecule has 13 heavy (non-hydrogen) atoms. The van der Waals surface area contributed by atoms with Gasteiger partial charge in [-0.2, -0.15) is 5.26 Å². The molecule has 1 aliphatic carbocycles. The number of nitrogens with zero attached hydrogens (tertiary/aromatic N) is 1. The Morgan fingerprint density at radius 3 is 2.38 bits per heavy atom. The van der Waals surface area contributed by atoms with Gasteiger partial charge in [-0.3, -0.25) is 0 Å². The summed E-state index contributed by atoms with van der Waals surface area (Å²) in [6, 6.07) is 11.6.